The summed E-state index contributed by atoms with van der Waals surface area (Å²) in [6.45, 7) is 7.85. The Morgan fingerprint density at radius 3 is 2.14 bits per heavy atom. The Hall–Kier alpha value is -1.26. The Kier molecular flexibility index (Phi) is 5.12. The molecule has 2 fully saturated rings. The second-order valence-electron chi connectivity index (χ2n) is 7.07. The Morgan fingerprint density at radius 1 is 0.952 bits per heavy atom. The molecule has 2 aliphatic heterocycles. The van der Waals surface area contributed by atoms with Gasteiger partial charge in [-0.15, -0.1) is 0 Å². The van der Waals surface area contributed by atoms with E-state index in [1.165, 1.54) is 12.8 Å². The summed E-state index contributed by atoms with van der Waals surface area (Å²) in [6.07, 6.45) is 5.83. The molecule has 5 nitrogen and oxygen atoms in total. The monoisotopic (exact) mass is 296 g/mol. The molecule has 0 spiro atoms. The molecule has 120 valence electrons. The van der Waals surface area contributed by atoms with Crippen molar-refractivity contribution >= 4 is 12.0 Å². The van der Waals surface area contributed by atoms with Crippen molar-refractivity contribution in [3.63, 3.8) is 0 Å². The Bertz CT molecular complexity index is 381. The van der Waals surface area contributed by atoms with Gasteiger partial charge in [0.25, 0.3) is 0 Å². The predicted octanol–water partition coefficient (Wildman–Crippen LogP) is 2.79. The van der Waals surface area contributed by atoms with E-state index in [0.717, 1.165) is 38.8 Å². The van der Waals surface area contributed by atoms with Gasteiger partial charge >= 0.3 is 6.09 Å². The largest absolute Gasteiger partial charge is 0.444 e. The first-order valence-electron chi connectivity index (χ1n) is 8.17. The fourth-order valence-electron chi connectivity index (χ4n) is 3.06. The van der Waals surface area contributed by atoms with Gasteiger partial charge in [0.15, 0.2) is 0 Å². The molecule has 1 unspecified atom stereocenters. The third kappa shape index (κ3) is 4.35. The molecule has 2 amide bonds. The number of rotatable bonds is 1. The van der Waals surface area contributed by atoms with Crippen molar-refractivity contribution in [3.05, 3.63) is 0 Å². The second-order valence-corrected chi connectivity index (χ2v) is 7.07. The molecule has 0 aromatic heterocycles. The summed E-state index contributed by atoms with van der Waals surface area (Å²) < 4.78 is 5.43. The number of likely N-dealkylation sites (tertiary alicyclic amines) is 2. The first kappa shape index (κ1) is 16.1. The highest BCUT2D eigenvalue weighted by Gasteiger charge is 2.38. The van der Waals surface area contributed by atoms with Crippen molar-refractivity contribution in [2.45, 2.75) is 70.9 Å². The quantitative estimate of drug-likeness (QED) is 0.747. The zero-order valence-electron chi connectivity index (χ0n) is 13.6. The molecule has 0 N–H and O–H groups in total. The summed E-state index contributed by atoms with van der Waals surface area (Å²) in [5.74, 6) is 0.111. The van der Waals surface area contributed by atoms with Crippen molar-refractivity contribution in [2.75, 3.05) is 19.6 Å². The molecular formula is C16H28N2O3. The van der Waals surface area contributed by atoms with E-state index in [9.17, 15) is 9.59 Å². The molecule has 0 aromatic rings. The van der Waals surface area contributed by atoms with E-state index in [1.54, 1.807) is 4.90 Å². The first-order valence-corrected chi connectivity index (χ1v) is 8.17. The summed E-state index contributed by atoms with van der Waals surface area (Å²) in [5, 5.41) is 0. The maximum absolute atomic E-state index is 12.7. The molecule has 2 rings (SSSR count). The van der Waals surface area contributed by atoms with Gasteiger partial charge in [0.1, 0.15) is 11.6 Å². The lowest BCUT2D eigenvalue weighted by Gasteiger charge is -2.31. The van der Waals surface area contributed by atoms with E-state index in [4.69, 9.17) is 4.74 Å². The summed E-state index contributed by atoms with van der Waals surface area (Å²) >= 11 is 0. The van der Waals surface area contributed by atoms with Crippen LogP contribution in [-0.4, -0.2) is 53.1 Å². The summed E-state index contributed by atoms with van der Waals surface area (Å²) in [4.78, 5) is 28.5. The molecule has 2 saturated heterocycles. The molecule has 0 bridgehead atoms. The molecule has 0 saturated carbocycles. The fraction of sp³-hybridized carbons (Fsp3) is 0.875. The fourth-order valence-corrected chi connectivity index (χ4v) is 3.06. The zero-order valence-corrected chi connectivity index (χ0v) is 13.6. The zero-order chi connectivity index (χ0) is 15.5. The summed E-state index contributed by atoms with van der Waals surface area (Å²) in [6, 6.07) is -0.321. The minimum atomic E-state index is -0.518. The maximum atomic E-state index is 12.7. The molecule has 5 heteroatoms. The van der Waals surface area contributed by atoms with Crippen molar-refractivity contribution in [3.8, 4) is 0 Å². The van der Waals surface area contributed by atoms with Crippen LogP contribution < -0.4 is 0 Å². The van der Waals surface area contributed by atoms with E-state index < -0.39 is 5.60 Å². The lowest BCUT2D eigenvalue weighted by Crippen LogP contribution is -2.49. The lowest BCUT2D eigenvalue weighted by atomic mass is 10.2. The van der Waals surface area contributed by atoms with Gasteiger partial charge in [-0.05, 0) is 46.5 Å². The van der Waals surface area contributed by atoms with Gasteiger partial charge in [0.2, 0.25) is 5.91 Å². The average molecular weight is 296 g/mol. The van der Waals surface area contributed by atoms with Crippen LogP contribution in [0.3, 0.4) is 0 Å². The maximum Gasteiger partial charge on any atom is 0.410 e. The van der Waals surface area contributed by atoms with Crippen LogP contribution >= 0.6 is 0 Å². The minimum absolute atomic E-state index is 0.111. The smallest absolute Gasteiger partial charge is 0.410 e. The Labute approximate surface area is 127 Å². The van der Waals surface area contributed by atoms with E-state index in [2.05, 4.69) is 0 Å². The topological polar surface area (TPSA) is 49.9 Å². The number of carbonyl (C=O) groups is 2. The predicted molar refractivity (Wildman–Crippen MR) is 81.0 cm³/mol. The number of carbonyl (C=O) groups excluding carboxylic acids is 2. The third-order valence-electron chi connectivity index (χ3n) is 4.08. The SMILES string of the molecule is CC(C)(C)OC(=O)N1CCCC1C(=O)N1CCCCCC1. The van der Waals surface area contributed by atoms with Crippen molar-refractivity contribution in [2.24, 2.45) is 0 Å². The first-order chi connectivity index (χ1) is 9.88. The number of nitrogens with zero attached hydrogens (tertiary/aromatic N) is 2. The van der Waals surface area contributed by atoms with Gasteiger partial charge in [0, 0.05) is 19.6 Å². The molecule has 0 radical (unpaired) electrons. The van der Waals surface area contributed by atoms with Crippen molar-refractivity contribution in [1.82, 2.24) is 9.80 Å². The van der Waals surface area contributed by atoms with Crippen LogP contribution in [0.2, 0.25) is 0 Å². The molecular weight excluding hydrogens is 268 g/mol. The molecule has 0 aromatic carbocycles. The van der Waals surface area contributed by atoms with Gasteiger partial charge in [-0.3, -0.25) is 9.69 Å². The van der Waals surface area contributed by atoms with Crippen LogP contribution in [0.4, 0.5) is 4.79 Å². The van der Waals surface area contributed by atoms with Crippen LogP contribution in [-0.2, 0) is 9.53 Å². The Balaban J connectivity index is 2.00. The number of hydrogen-bond acceptors (Lipinski definition) is 3. The van der Waals surface area contributed by atoms with Crippen LogP contribution in [0.5, 0.6) is 0 Å². The number of ether oxygens (including phenoxy) is 1. The van der Waals surface area contributed by atoms with Gasteiger partial charge in [-0.1, -0.05) is 12.8 Å². The minimum Gasteiger partial charge on any atom is -0.444 e. The van der Waals surface area contributed by atoms with Gasteiger partial charge in [-0.2, -0.15) is 0 Å². The summed E-state index contributed by atoms with van der Waals surface area (Å²) in [5.41, 5.74) is -0.518. The lowest BCUT2D eigenvalue weighted by molar-refractivity contribution is -0.135. The Morgan fingerprint density at radius 2 is 1.57 bits per heavy atom. The van der Waals surface area contributed by atoms with Gasteiger partial charge in [0.05, 0.1) is 0 Å². The summed E-state index contributed by atoms with van der Waals surface area (Å²) in [7, 11) is 0. The highest BCUT2D eigenvalue weighted by atomic mass is 16.6. The molecule has 0 aliphatic carbocycles. The van der Waals surface area contributed by atoms with Crippen LogP contribution in [0.1, 0.15) is 59.3 Å². The van der Waals surface area contributed by atoms with Crippen molar-refractivity contribution < 1.29 is 14.3 Å². The highest BCUT2D eigenvalue weighted by Crippen LogP contribution is 2.23. The number of hydrogen-bond donors (Lipinski definition) is 0. The van der Waals surface area contributed by atoms with Crippen LogP contribution in [0, 0.1) is 0 Å². The number of amides is 2. The highest BCUT2D eigenvalue weighted by molar-refractivity contribution is 5.86. The van der Waals surface area contributed by atoms with E-state index in [-0.39, 0.29) is 18.0 Å². The van der Waals surface area contributed by atoms with Crippen LogP contribution in [0.25, 0.3) is 0 Å². The van der Waals surface area contributed by atoms with Crippen molar-refractivity contribution in [1.29, 1.82) is 0 Å². The van der Waals surface area contributed by atoms with E-state index in [1.807, 2.05) is 25.7 Å². The standard InChI is InChI=1S/C16H28N2O3/c1-16(2,3)21-15(20)18-12-8-9-13(18)14(19)17-10-6-4-5-7-11-17/h13H,4-12H2,1-3H3. The van der Waals surface area contributed by atoms with Crippen LogP contribution in [0.15, 0.2) is 0 Å². The normalized spacial score (nSPS) is 23.9. The molecule has 2 heterocycles. The molecule has 2 aliphatic rings. The second kappa shape index (κ2) is 6.67. The third-order valence-corrected chi connectivity index (χ3v) is 4.08. The molecule has 21 heavy (non-hydrogen) atoms. The van der Waals surface area contributed by atoms with Gasteiger partial charge in [-0.25, -0.2) is 4.79 Å². The van der Waals surface area contributed by atoms with E-state index >= 15 is 0 Å². The average Bonchev–Trinajstić information content (AvgIpc) is 2.71. The molecule has 1 atom stereocenters. The van der Waals surface area contributed by atoms with E-state index in [0.29, 0.717) is 6.54 Å². The van der Waals surface area contributed by atoms with Gasteiger partial charge < -0.3 is 9.64 Å².